The van der Waals surface area contributed by atoms with E-state index in [-0.39, 0.29) is 18.7 Å². The van der Waals surface area contributed by atoms with Gasteiger partial charge in [0.15, 0.2) is 0 Å². The molecule has 0 radical (unpaired) electrons. The number of hydrogen-bond donors (Lipinski definition) is 2. The van der Waals surface area contributed by atoms with E-state index in [1.54, 1.807) is 0 Å². The van der Waals surface area contributed by atoms with Crippen molar-refractivity contribution >= 4 is 11.9 Å². The summed E-state index contributed by atoms with van der Waals surface area (Å²) in [6.07, 6.45) is 1.87. The van der Waals surface area contributed by atoms with Crippen LogP contribution in [0.25, 0.3) is 0 Å². The molecule has 2 N–H and O–H groups in total. The van der Waals surface area contributed by atoms with Gasteiger partial charge in [-0.15, -0.1) is 0 Å². The molecule has 0 aliphatic heterocycles. The molecule has 38 heavy (non-hydrogen) atoms. The van der Waals surface area contributed by atoms with E-state index in [1.807, 2.05) is 0 Å². The van der Waals surface area contributed by atoms with Crippen molar-refractivity contribution in [3.05, 3.63) is 12.8 Å². The summed E-state index contributed by atoms with van der Waals surface area (Å²) in [4.78, 5) is 21.7. The van der Waals surface area contributed by atoms with Gasteiger partial charge in [0.1, 0.15) is 6.61 Å². The number of carbonyl (C=O) groups excluding carboxylic acids is 1. The van der Waals surface area contributed by atoms with Gasteiger partial charge in [-0.25, -0.2) is 0 Å². The summed E-state index contributed by atoms with van der Waals surface area (Å²) >= 11 is 0. The third-order valence-corrected chi connectivity index (χ3v) is 4.42. The van der Waals surface area contributed by atoms with Crippen LogP contribution < -0.4 is 5.32 Å². The van der Waals surface area contributed by atoms with Crippen molar-refractivity contribution in [3.63, 3.8) is 0 Å². The Morgan fingerprint density at radius 2 is 0.895 bits per heavy atom. The zero-order valence-electron chi connectivity index (χ0n) is 22.6. The molecule has 0 spiro atoms. The molecule has 0 saturated heterocycles. The molecule has 0 unspecified atom stereocenters. The van der Waals surface area contributed by atoms with Gasteiger partial charge in [-0.3, -0.25) is 9.59 Å². The Morgan fingerprint density at radius 3 is 1.24 bits per heavy atom. The van der Waals surface area contributed by atoms with Gasteiger partial charge in [0.25, 0.3) is 0 Å². The first kappa shape index (κ1) is 36.2. The van der Waals surface area contributed by atoms with Crippen molar-refractivity contribution in [2.75, 3.05) is 119 Å². The summed E-state index contributed by atoms with van der Waals surface area (Å²) in [5.74, 6) is -1.25. The van der Waals surface area contributed by atoms with Crippen molar-refractivity contribution in [2.45, 2.75) is 19.3 Å². The van der Waals surface area contributed by atoms with Crippen LogP contribution in [0.4, 0.5) is 0 Å². The van der Waals surface area contributed by atoms with E-state index in [9.17, 15) is 9.59 Å². The van der Waals surface area contributed by atoms with Crippen LogP contribution in [0.3, 0.4) is 0 Å². The number of carboxylic acids is 1. The van der Waals surface area contributed by atoms with Gasteiger partial charge < -0.3 is 53.1 Å². The Hall–Kier alpha value is -1.84. The van der Waals surface area contributed by atoms with Crippen molar-refractivity contribution in [1.82, 2.24) is 5.32 Å². The van der Waals surface area contributed by atoms with E-state index < -0.39 is 5.97 Å². The standard InChI is InChI=1S/C25H47NO12/c1-2-30-8-9-32-12-13-34-16-17-36-20-21-38-23-22-37-19-18-35-15-14-33-11-10-31-7-3-6-26-24(27)4-5-25(28)29/h2H,1,3-23H2,(H,26,27)(H,28,29). The van der Waals surface area contributed by atoms with E-state index in [0.717, 1.165) is 0 Å². The van der Waals surface area contributed by atoms with Crippen LogP contribution in [0.5, 0.6) is 0 Å². The molecular formula is C25H47NO12. The maximum Gasteiger partial charge on any atom is 0.303 e. The van der Waals surface area contributed by atoms with Crippen LogP contribution in [0.15, 0.2) is 12.8 Å². The summed E-state index contributed by atoms with van der Waals surface area (Å²) in [5.41, 5.74) is 0. The van der Waals surface area contributed by atoms with Gasteiger partial charge in [-0.2, -0.15) is 0 Å². The van der Waals surface area contributed by atoms with Crippen molar-refractivity contribution in [1.29, 1.82) is 0 Å². The average molecular weight is 554 g/mol. The van der Waals surface area contributed by atoms with E-state index >= 15 is 0 Å². The lowest BCUT2D eigenvalue weighted by molar-refractivity contribution is -0.138. The van der Waals surface area contributed by atoms with Crippen molar-refractivity contribution in [2.24, 2.45) is 0 Å². The molecule has 0 heterocycles. The number of nitrogens with one attached hydrogen (secondary N) is 1. The topological polar surface area (TPSA) is 149 Å². The third-order valence-electron chi connectivity index (χ3n) is 4.42. The number of carboxylic acid groups (broad SMARTS) is 1. The predicted octanol–water partition coefficient (Wildman–Crippen LogP) is 0.650. The maximum absolute atomic E-state index is 11.3. The number of rotatable bonds is 32. The van der Waals surface area contributed by atoms with E-state index in [1.165, 1.54) is 6.26 Å². The molecule has 0 rings (SSSR count). The molecule has 0 fully saturated rings. The minimum Gasteiger partial charge on any atom is -0.499 e. The van der Waals surface area contributed by atoms with Gasteiger partial charge in [0, 0.05) is 19.6 Å². The summed E-state index contributed by atoms with van der Waals surface area (Å²) in [6.45, 7) is 12.3. The maximum atomic E-state index is 11.3. The van der Waals surface area contributed by atoms with Gasteiger partial charge in [-0.05, 0) is 6.42 Å². The van der Waals surface area contributed by atoms with E-state index in [2.05, 4.69) is 11.9 Å². The number of ether oxygens (including phenoxy) is 9. The lowest BCUT2D eigenvalue weighted by Gasteiger charge is -2.09. The zero-order valence-corrected chi connectivity index (χ0v) is 22.6. The smallest absolute Gasteiger partial charge is 0.303 e. The fourth-order valence-corrected chi connectivity index (χ4v) is 2.54. The first-order valence-electron chi connectivity index (χ1n) is 13.0. The summed E-state index contributed by atoms with van der Waals surface area (Å²) in [6, 6.07) is 0. The number of amides is 1. The SMILES string of the molecule is C=COCCOCCOCCOCCOCCOCCOCCOCCOCCCNC(=O)CCC(=O)O. The van der Waals surface area contributed by atoms with Crippen LogP contribution in [-0.4, -0.2) is 136 Å². The first-order chi connectivity index (χ1) is 18.7. The quantitative estimate of drug-likeness (QED) is 0.0889. The Labute approximate surface area is 225 Å². The van der Waals surface area contributed by atoms with Crippen molar-refractivity contribution < 1.29 is 57.3 Å². The van der Waals surface area contributed by atoms with Gasteiger partial charge in [0.2, 0.25) is 5.91 Å². The summed E-state index contributed by atoms with van der Waals surface area (Å²) < 4.78 is 48.1. The second-order valence-corrected chi connectivity index (χ2v) is 7.53. The molecular weight excluding hydrogens is 506 g/mol. The molecule has 0 aliphatic rings. The average Bonchev–Trinajstić information content (AvgIpc) is 2.91. The molecule has 0 aliphatic carbocycles. The Kier molecular flexibility index (Phi) is 29.9. The summed E-state index contributed by atoms with van der Waals surface area (Å²) in [7, 11) is 0. The van der Waals surface area contributed by atoms with E-state index in [4.69, 9.17) is 47.7 Å². The van der Waals surface area contributed by atoms with Gasteiger partial charge in [0.05, 0.1) is 112 Å². The fourth-order valence-electron chi connectivity index (χ4n) is 2.54. The highest BCUT2D eigenvalue weighted by molar-refractivity contribution is 5.80. The van der Waals surface area contributed by atoms with Gasteiger partial charge >= 0.3 is 5.97 Å². The normalized spacial score (nSPS) is 10.9. The largest absolute Gasteiger partial charge is 0.499 e. The Bertz CT molecular complexity index is 538. The minimum atomic E-state index is -0.981. The number of aliphatic carboxylic acids is 1. The monoisotopic (exact) mass is 553 g/mol. The second kappa shape index (κ2) is 31.4. The van der Waals surface area contributed by atoms with Crippen LogP contribution >= 0.6 is 0 Å². The predicted molar refractivity (Wildman–Crippen MR) is 137 cm³/mol. The molecule has 0 aromatic rings. The number of hydrogen-bond acceptors (Lipinski definition) is 11. The lowest BCUT2D eigenvalue weighted by atomic mass is 10.3. The fraction of sp³-hybridized carbons (Fsp3) is 0.840. The third kappa shape index (κ3) is 32.2. The highest BCUT2D eigenvalue weighted by Crippen LogP contribution is 1.90. The molecule has 1 amide bonds. The molecule has 13 nitrogen and oxygen atoms in total. The molecule has 0 aromatic carbocycles. The van der Waals surface area contributed by atoms with Crippen LogP contribution in [-0.2, 0) is 52.2 Å². The Morgan fingerprint density at radius 1 is 0.553 bits per heavy atom. The number of carbonyl (C=O) groups is 2. The Balaban J connectivity index is 3.08. The molecule has 0 bridgehead atoms. The molecule has 0 aromatic heterocycles. The first-order valence-corrected chi connectivity index (χ1v) is 13.0. The highest BCUT2D eigenvalue weighted by atomic mass is 16.6. The second-order valence-electron chi connectivity index (χ2n) is 7.53. The molecule has 224 valence electrons. The van der Waals surface area contributed by atoms with Crippen molar-refractivity contribution in [3.8, 4) is 0 Å². The van der Waals surface area contributed by atoms with Crippen LogP contribution in [0, 0.1) is 0 Å². The lowest BCUT2D eigenvalue weighted by Crippen LogP contribution is -2.25. The molecule has 13 heteroatoms. The molecule has 0 atom stereocenters. The van der Waals surface area contributed by atoms with Gasteiger partial charge in [-0.1, -0.05) is 6.58 Å². The minimum absolute atomic E-state index is 0.00724. The van der Waals surface area contributed by atoms with Crippen LogP contribution in [0.1, 0.15) is 19.3 Å². The van der Waals surface area contributed by atoms with Crippen LogP contribution in [0.2, 0.25) is 0 Å². The van der Waals surface area contributed by atoms with E-state index in [0.29, 0.717) is 125 Å². The zero-order chi connectivity index (χ0) is 27.8. The summed E-state index contributed by atoms with van der Waals surface area (Å²) in [5, 5.41) is 11.1. The molecule has 0 saturated carbocycles. The highest BCUT2D eigenvalue weighted by Gasteiger charge is 2.04.